The number of aromatic nitrogens is 2. The van der Waals surface area contributed by atoms with Gasteiger partial charge in [0.2, 0.25) is 6.79 Å². The van der Waals surface area contributed by atoms with Crippen molar-refractivity contribution in [2.75, 3.05) is 6.79 Å². The Morgan fingerprint density at radius 2 is 2.04 bits per heavy atom. The Hall–Kier alpha value is -3.62. The van der Waals surface area contributed by atoms with E-state index in [0.717, 1.165) is 0 Å². The SMILES string of the molecule is O=C(O)c1nc2c(O)cccn2c1N=Nc1ccc2c(c1)OCO2. The van der Waals surface area contributed by atoms with Gasteiger partial charge in [-0.1, -0.05) is 0 Å². The number of carboxylic acid groups (broad SMARTS) is 1. The quantitative estimate of drug-likeness (QED) is 0.714. The summed E-state index contributed by atoms with van der Waals surface area (Å²) in [6.07, 6.45) is 1.54. The second kappa shape index (κ2) is 5.23. The molecule has 120 valence electrons. The van der Waals surface area contributed by atoms with E-state index in [1.54, 1.807) is 30.5 Å². The van der Waals surface area contributed by atoms with E-state index in [9.17, 15) is 15.0 Å². The van der Waals surface area contributed by atoms with E-state index in [-0.39, 0.29) is 29.7 Å². The first-order chi connectivity index (χ1) is 11.6. The number of fused-ring (bicyclic) bond motifs is 2. The van der Waals surface area contributed by atoms with Gasteiger partial charge in [0, 0.05) is 12.3 Å². The number of nitrogens with zero attached hydrogens (tertiary/aromatic N) is 4. The third kappa shape index (κ3) is 2.19. The molecule has 2 N–H and O–H groups in total. The van der Waals surface area contributed by atoms with Gasteiger partial charge in [-0.15, -0.1) is 10.2 Å². The molecule has 1 aromatic carbocycles. The van der Waals surface area contributed by atoms with Crippen LogP contribution in [0, 0.1) is 0 Å². The molecule has 0 unspecified atom stereocenters. The summed E-state index contributed by atoms with van der Waals surface area (Å²) in [7, 11) is 0. The first-order valence-corrected chi connectivity index (χ1v) is 6.88. The van der Waals surface area contributed by atoms with Crippen LogP contribution in [0.4, 0.5) is 11.5 Å². The number of ether oxygens (including phenoxy) is 2. The lowest BCUT2D eigenvalue weighted by Crippen LogP contribution is -1.96. The Labute approximate surface area is 134 Å². The highest BCUT2D eigenvalue weighted by Gasteiger charge is 2.20. The molecule has 9 heteroatoms. The van der Waals surface area contributed by atoms with Gasteiger partial charge >= 0.3 is 5.97 Å². The minimum Gasteiger partial charge on any atom is -0.504 e. The standard InChI is InChI=1S/C15H10N4O5/c20-9-2-1-5-19-13(9)16-12(15(21)22)14(19)18-17-8-3-4-10-11(6-8)24-7-23-10/h1-6,20H,7H2,(H,21,22). The van der Waals surface area contributed by atoms with Crippen molar-refractivity contribution in [3.63, 3.8) is 0 Å². The van der Waals surface area contributed by atoms with Gasteiger partial charge in [0.05, 0.1) is 5.69 Å². The maximum absolute atomic E-state index is 11.4. The summed E-state index contributed by atoms with van der Waals surface area (Å²) in [5.41, 5.74) is 0.251. The van der Waals surface area contributed by atoms with E-state index in [2.05, 4.69) is 15.2 Å². The van der Waals surface area contributed by atoms with Gasteiger partial charge in [0.15, 0.2) is 34.4 Å². The molecule has 9 nitrogen and oxygen atoms in total. The smallest absolute Gasteiger partial charge is 0.358 e. The highest BCUT2D eigenvalue weighted by atomic mass is 16.7. The van der Waals surface area contributed by atoms with Crippen LogP contribution in [-0.4, -0.2) is 32.4 Å². The first kappa shape index (κ1) is 14.0. The largest absolute Gasteiger partial charge is 0.504 e. The van der Waals surface area contributed by atoms with Crippen molar-refractivity contribution in [3.8, 4) is 17.2 Å². The predicted molar refractivity (Wildman–Crippen MR) is 80.6 cm³/mol. The first-order valence-electron chi connectivity index (χ1n) is 6.88. The van der Waals surface area contributed by atoms with Crippen LogP contribution in [0.1, 0.15) is 10.5 Å². The number of hydrogen-bond acceptors (Lipinski definition) is 7. The lowest BCUT2D eigenvalue weighted by molar-refractivity contribution is 0.0692. The zero-order chi connectivity index (χ0) is 16.7. The van der Waals surface area contributed by atoms with Crippen LogP contribution < -0.4 is 9.47 Å². The van der Waals surface area contributed by atoms with Crippen molar-refractivity contribution in [2.45, 2.75) is 0 Å². The van der Waals surface area contributed by atoms with Crippen LogP contribution in [0.3, 0.4) is 0 Å². The zero-order valence-corrected chi connectivity index (χ0v) is 12.1. The van der Waals surface area contributed by atoms with E-state index in [0.29, 0.717) is 17.2 Å². The average molecular weight is 326 g/mol. The number of aromatic hydroxyl groups is 1. The van der Waals surface area contributed by atoms with Gasteiger partial charge in [-0.05, 0) is 24.3 Å². The molecule has 3 aromatic rings. The van der Waals surface area contributed by atoms with E-state index in [4.69, 9.17) is 9.47 Å². The molecule has 0 spiro atoms. The molecule has 0 aliphatic carbocycles. The van der Waals surface area contributed by atoms with Crippen molar-refractivity contribution in [2.24, 2.45) is 10.2 Å². The van der Waals surface area contributed by atoms with Crippen molar-refractivity contribution in [3.05, 3.63) is 42.2 Å². The maximum Gasteiger partial charge on any atom is 0.358 e. The molecule has 4 rings (SSSR count). The van der Waals surface area contributed by atoms with Crippen LogP contribution >= 0.6 is 0 Å². The fraction of sp³-hybridized carbons (Fsp3) is 0.0667. The predicted octanol–water partition coefficient (Wildman–Crippen LogP) is 2.88. The molecule has 0 radical (unpaired) electrons. The summed E-state index contributed by atoms with van der Waals surface area (Å²) in [5, 5.41) is 27.1. The summed E-state index contributed by atoms with van der Waals surface area (Å²) < 4.78 is 11.8. The van der Waals surface area contributed by atoms with E-state index >= 15 is 0 Å². The molecule has 1 aliphatic rings. The molecule has 3 heterocycles. The molecule has 2 aromatic heterocycles. The van der Waals surface area contributed by atoms with Crippen LogP contribution in [0.2, 0.25) is 0 Å². The number of pyridine rings is 1. The Morgan fingerprint density at radius 1 is 1.21 bits per heavy atom. The molecular weight excluding hydrogens is 316 g/mol. The van der Waals surface area contributed by atoms with Crippen LogP contribution in [0.5, 0.6) is 17.2 Å². The fourth-order valence-corrected chi connectivity index (χ4v) is 2.33. The van der Waals surface area contributed by atoms with Gasteiger partial charge in [-0.3, -0.25) is 4.40 Å². The molecule has 0 atom stereocenters. The number of imidazole rings is 1. The van der Waals surface area contributed by atoms with Crippen molar-refractivity contribution >= 4 is 23.1 Å². The monoisotopic (exact) mass is 326 g/mol. The van der Waals surface area contributed by atoms with Crippen molar-refractivity contribution < 1.29 is 24.5 Å². The molecule has 0 saturated heterocycles. The highest BCUT2D eigenvalue weighted by molar-refractivity contribution is 5.92. The second-order valence-corrected chi connectivity index (χ2v) is 4.91. The Balaban J connectivity index is 1.80. The molecule has 0 fully saturated rings. The van der Waals surface area contributed by atoms with Crippen LogP contribution in [0.15, 0.2) is 46.8 Å². The maximum atomic E-state index is 11.4. The number of carboxylic acids is 1. The van der Waals surface area contributed by atoms with Gasteiger partial charge in [-0.25, -0.2) is 9.78 Å². The van der Waals surface area contributed by atoms with E-state index in [1.807, 2.05) is 0 Å². The zero-order valence-electron chi connectivity index (χ0n) is 12.1. The minimum absolute atomic E-state index is 0.00562. The molecule has 1 aliphatic heterocycles. The third-order valence-corrected chi connectivity index (χ3v) is 3.42. The van der Waals surface area contributed by atoms with Gasteiger partial charge < -0.3 is 19.7 Å². The Kier molecular flexibility index (Phi) is 3.05. The van der Waals surface area contributed by atoms with Crippen molar-refractivity contribution in [1.29, 1.82) is 0 Å². The lowest BCUT2D eigenvalue weighted by atomic mass is 10.3. The van der Waals surface area contributed by atoms with E-state index in [1.165, 1.54) is 10.5 Å². The molecule has 0 saturated carbocycles. The summed E-state index contributed by atoms with van der Waals surface area (Å²) in [6, 6.07) is 7.95. The molecule has 0 bridgehead atoms. The number of rotatable bonds is 3. The minimum atomic E-state index is -1.27. The molecule has 0 amide bonds. The summed E-state index contributed by atoms with van der Waals surface area (Å²) in [4.78, 5) is 15.3. The van der Waals surface area contributed by atoms with Crippen molar-refractivity contribution in [1.82, 2.24) is 9.38 Å². The summed E-state index contributed by atoms with van der Waals surface area (Å²) >= 11 is 0. The number of azo groups is 1. The highest BCUT2D eigenvalue weighted by Crippen LogP contribution is 2.36. The van der Waals surface area contributed by atoms with Crippen LogP contribution in [0.25, 0.3) is 5.65 Å². The Morgan fingerprint density at radius 3 is 2.88 bits per heavy atom. The molecular formula is C15H10N4O5. The third-order valence-electron chi connectivity index (χ3n) is 3.42. The summed E-state index contributed by atoms with van der Waals surface area (Å²) in [6.45, 7) is 0.144. The van der Waals surface area contributed by atoms with Crippen LogP contribution in [-0.2, 0) is 0 Å². The van der Waals surface area contributed by atoms with Gasteiger partial charge in [-0.2, -0.15) is 0 Å². The second-order valence-electron chi connectivity index (χ2n) is 4.91. The lowest BCUT2D eigenvalue weighted by Gasteiger charge is -1.98. The fourth-order valence-electron chi connectivity index (χ4n) is 2.33. The van der Waals surface area contributed by atoms with E-state index < -0.39 is 5.97 Å². The number of hydrogen-bond donors (Lipinski definition) is 2. The number of aromatic carboxylic acids is 1. The van der Waals surface area contributed by atoms with Gasteiger partial charge in [0.25, 0.3) is 0 Å². The normalized spacial score (nSPS) is 13.0. The number of carbonyl (C=O) groups is 1. The average Bonchev–Trinajstić information content (AvgIpc) is 3.17. The number of benzene rings is 1. The Bertz CT molecular complexity index is 995. The topological polar surface area (TPSA) is 118 Å². The summed E-state index contributed by atoms with van der Waals surface area (Å²) in [5.74, 6) is -0.256. The van der Waals surface area contributed by atoms with Gasteiger partial charge in [0.1, 0.15) is 0 Å². The molecule has 24 heavy (non-hydrogen) atoms.